The molecule has 0 radical (unpaired) electrons. The van der Waals surface area contributed by atoms with E-state index in [-0.39, 0.29) is 11.8 Å². The molecule has 1 unspecified atom stereocenters. The molecule has 1 aromatic carbocycles. The van der Waals surface area contributed by atoms with Crippen LogP contribution in [0.3, 0.4) is 0 Å². The molecule has 4 heteroatoms. The molecular formula is C28H45NO2S. The summed E-state index contributed by atoms with van der Waals surface area (Å²) in [6, 6.07) is 11.4. The van der Waals surface area contributed by atoms with Crippen molar-refractivity contribution in [3.8, 4) is 22.9 Å². The molecule has 0 aliphatic heterocycles. The fourth-order valence-electron chi connectivity index (χ4n) is 4.34. The summed E-state index contributed by atoms with van der Waals surface area (Å²) >= 11 is 1.58. The summed E-state index contributed by atoms with van der Waals surface area (Å²) in [7, 11) is 0. The van der Waals surface area contributed by atoms with Crippen LogP contribution in [-0.4, -0.2) is 19.4 Å². The zero-order chi connectivity index (χ0) is 23.0. The molecule has 0 spiro atoms. The lowest BCUT2D eigenvalue weighted by Crippen LogP contribution is -2.05. The Balaban J connectivity index is 1.68. The van der Waals surface area contributed by atoms with Crippen LogP contribution >= 0.6 is 11.9 Å². The first-order chi connectivity index (χ1) is 15.7. The Bertz CT molecular complexity index is 729. The van der Waals surface area contributed by atoms with Gasteiger partial charge >= 0.3 is 0 Å². The molecule has 0 amide bonds. The minimum absolute atomic E-state index is 0.127. The third kappa shape index (κ3) is 9.52. The largest absolute Gasteiger partial charge is 0.494 e. The predicted octanol–water partition coefficient (Wildman–Crippen LogP) is 9.32. The lowest BCUT2D eigenvalue weighted by atomic mass is 10.0. The minimum atomic E-state index is 0.127. The van der Waals surface area contributed by atoms with Gasteiger partial charge in [0.25, 0.3) is 0 Å². The number of benzene rings is 1. The van der Waals surface area contributed by atoms with Crippen molar-refractivity contribution in [1.29, 1.82) is 0 Å². The van der Waals surface area contributed by atoms with E-state index in [1.54, 1.807) is 22.0 Å². The number of aromatic hydroxyl groups is 2. The maximum absolute atomic E-state index is 10.7. The van der Waals surface area contributed by atoms with E-state index >= 15 is 0 Å². The van der Waals surface area contributed by atoms with Gasteiger partial charge in [-0.25, -0.2) is 3.97 Å². The van der Waals surface area contributed by atoms with Gasteiger partial charge in [0.05, 0.1) is 0 Å². The Morgan fingerprint density at radius 3 is 1.84 bits per heavy atom. The second-order valence-corrected chi connectivity index (χ2v) is 10.3. The van der Waals surface area contributed by atoms with Gasteiger partial charge < -0.3 is 10.2 Å². The fraction of sp³-hybridized carbons (Fsp3) is 0.643. The summed E-state index contributed by atoms with van der Waals surface area (Å²) in [5, 5.41) is 21.6. The molecule has 1 aromatic heterocycles. The van der Waals surface area contributed by atoms with Crippen molar-refractivity contribution in [2.24, 2.45) is 0 Å². The highest BCUT2D eigenvalue weighted by molar-refractivity contribution is 7.98. The molecule has 0 saturated carbocycles. The van der Waals surface area contributed by atoms with E-state index in [9.17, 15) is 10.2 Å². The maximum Gasteiger partial charge on any atom is 0.212 e. The van der Waals surface area contributed by atoms with Crippen molar-refractivity contribution in [3.63, 3.8) is 0 Å². The summed E-state index contributed by atoms with van der Waals surface area (Å²) < 4.78 is 1.61. The highest BCUT2D eigenvalue weighted by Gasteiger charge is 2.19. The summed E-state index contributed by atoms with van der Waals surface area (Å²) in [6.07, 6.45) is 19.7. The van der Waals surface area contributed by atoms with Crippen molar-refractivity contribution >= 4 is 11.9 Å². The van der Waals surface area contributed by atoms with Crippen LogP contribution in [0.15, 0.2) is 36.4 Å². The summed E-state index contributed by atoms with van der Waals surface area (Å²) in [5.41, 5.74) is 1.61. The van der Waals surface area contributed by atoms with Crippen LogP contribution in [0.2, 0.25) is 0 Å². The molecule has 2 N–H and O–H groups in total. The summed E-state index contributed by atoms with van der Waals surface area (Å²) in [6.45, 7) is 4.49. The van der Waals surface area contributed by atoms with Crippen LogP contribution < -0.4 is 0 Å². The quantitative estimate of drug-likeness (QED) is 0.218. The van der Waals surface area contributed by atoms with Gasteiger partial charge in [0.2, 0.25) is 11.8 Å². The first-order valence-corrected chi connectivity index (χ1v) is 13.9. The molecule has 0 bridgehead atoms. The van der Waals surface area contributed by atoms with E-state index in [1.165, 1.54) is 77.0 Å². The zero-order valence-corrected chi connectivity index (χ0v) is 21.2. The topological polar surface area (TPSA) is 45.4 Å². The predicted molar refractivity (Wildman–Crippen MR) is 141 cm³/mol. The Morgan fingerprint density at radius 1 is 0.719 bits per heavy atom. The Morgan fingerprint density at radius 2 is 1.28 bits per heavy atom. The lowest BCUT2D eigenvalue weighted by molar-refractivity contribution is 0.416. The monoisotopic (exact) mass is 459 g/mol. The van der Waals surface area contributed by atoms with E-state index in [1.807, 2.05) is 30.3 Å². The van der Waals surface area contributed by atoms with Gasteiger partial charge in [-0.3, -0.25) is 0 Å². The van der Waals surface area contributed by atoms with E-state index < -0.39 is 0 Å². The van der Waals surface area contributed by atoms with Crippen molar-refractivity contribution in [1.82, 2.24) is 3.97 Å². The smallest absolute Gasteiger partial charge is 0.212 e. The number of nitrogens with zero attached hydrogens (tertiary/aromatic N) is 1. The first-order valence-electron chi connectivity index (χ1n) is 13.0. The molecule has 3 nitrogen and oxygen atoms in total. The van der Waals surface area contributed by atoms with Crippen LogP contribution in [0.25, 0.3) is 11.1 Å². The van der Waals surface area contributed by atoms with Gasteiger partial charge in [-0.2, -0.15) is 0 Å². The van der Waals surface area contributed by atoms with Crippen molar-refractivity contribution in [2.45, 2.75) is 115 Å². The third-order valence-electron chi connectivity index (χ3n) is 6.24. The molecule has 32 heavy (non-hydrogen) atoms. The number of unbranched alkanes of at least 4 members (excludes halogenated alkanes) is 11. The highest BCUT2D eigenvalue weighted by atomic mass is 32.2. The van der Waals surface area contributed by atoms with Gasteiger partial charge in [0.15, 0.2) is 0 Å². The van der Waals surface area contributed by atoms with Gasteiger partial charge in [-0.15, -0.1) is 0 Å². The number of aromatic nitrogens is 1. The van der Waals surface area contributed by atoms with Crippen LogP contribution in [0, 0.1) is 0 Å². The second-order valence-electron chi connectivity index (χ2n) is 9.09. The lowest BCUT2D eigenvalue weighted by Gasteiger charge is -2.17. The number of hydrogen-bond donors (Lipinski definition) is 2. The Kier molecular flexibility index (Phi) is 13.5. The highest BCUT2D eigenvalue weighted by Crippen LogP contribution is 2.41. The number of rotatable bonds is 18. The molecular weight excluding hydrogens is 414 g/mol. The SMILES string of the molecule is CCCCCCCCCCCCCCC(CCC)Sn1c(O)cc(-c2ccccc2)c1O. The van der Waals surface area contributed by atoms with Gasteiger partial charge in [0, 0.05) is 16.9 Å². The van der Waals surface area contributed by atoms with Crippen LogP contribution in [0.5, 0.6) is 11.8 Å². The zero-order valence-electron chi connectivity index (χ0n) is 20.4. The van der Waals surface area contributed by atoms with E-state index in [0.29, 0.717) is 10.8 Å². The minimum Gasteiger partial charge on any atom is -0.494 e. The number of hydrogen-bond acceptors (Lipinski definition) is 3. The van der Waals surface area contributed by atoms with Gasteiger partial charge in [0.1, 0.15) is 0 Å². The molecule has 0 aliphatic carbocycles. The standard InChI is InChI=1S/C28H45NO2S/c1-3-5-6-7-8-9-10-11-12-13-14-18-22-25(19-4-2)32-29-27(30)23-26(28(29)31)24-20-16-15-17-21-24/h15-17,20-21,23,25,30-31H,3-14,18-19,22H2,1-2H3. The second kappa shape index (κ2) is 16.1. The van der Waals surface area contributed by atoms with E-state index in [0.717, 1.165) is 24.8 Å². The molecule has 2 rings (SSSR count). The molecule has 180 valence electrons. The third-order valence-corrected chi connectivity index (χ3v) is 7.58. The summed E-state index contributed by atoms with van der Waals surface area (Å²) in [4.78, 5) is 0. The first kappa shape index (κ1) is 26.7. The van der Waals surface area contributed by atoms with Crippen molar-refractivity contribution in [3.05, 3.63) is 36.4 Å². The normalized spacial score (nSPS) is 12.3. The molecule has 0 saturated heterocycles. The fourth-order valence-corrected chi connectivity index (χ4v) is 5.61. The average molecular weight is 460 g/mol. The summed E-state index contributed by atoms with van der Waals surface area (Å²) in [5.74, 6) is 0.275. The van der Waals surface area contributed by atoms with Crippen molar-refractivity contribution in [2.75, 3.05) is 0 Å². The molecule has 0 fully saturated rings. The molecule has 2 aromatic rings. The van der Waals surface area contributed by atoms with E-state index in [2.05, 4.69) is 13.8 Å². The molecule has 0 aliphatic rings. The van der Waals surface area contributed by atoms with Gasteiger partial charge in [-0.1, -0.05) is 128 Å². The van der Waals surface area contributed by atoms with Crippen LogP contribution in [-0.2, 0) is 0 Å². The van der Waals surface area contributed by atoms with Crippen LogP contribution in [0.1, 0.15) is 110 Å². The van der Waals surface area contributed by atoms with Gasteiger partial charge in [-0.05, 0) is 30.4 Å². The Hall–Kier alpha value is -1.55. The van der Waals surface area contributed by atoms with E-state index in [4.69, 9.17) is 0 Å². The molecule has 1 heterocycles. The molecule has 1 atom stereocenters. The van der Waals surface area contributed by atoms with Crippen LogP contribution in [0.4, 0.5) is 0 Å². The van der Waals surface area contributed by atoms with Crippen molar-refractivity contribution < 1.29 is 10.2 Å². The maximum atomic E-state index is 10.7. The Labute approximate surface area is 200 Å². The average Bonchev–Trinajstić information content (AvgIpc) is 3.08.